The van der Waals surface area contributed by atoms with Crippen LogP contribution in [0.25, 0.3) is 6.08 Å². The number of imide groups is 1. The predicted octanol–water partition coefficient (Wildman–Crippen LogP) is 2.68. The number of esters is 1. The van der Waals surface area contributed by atoms with Gasteiger partial charge in [-0.1, -0.05) is 21.9 Å². The molecule has 0 saturated carbocycles. The molecule has 2 rings (SSSR count). The van der Waals surface area contributed by atoms with Crippen molar-refractivity contribution in [3.63, 3.8) is 0 Å². The van der Waals surface area contributed by atoms with E-state index in [1.54, 1.807) is 18.2 Å². The minimum absolute atomic E-state index is 0.0766. The van der Waals surface area contributed by atoms with Crippen LogP contribution >= 0.6 is 27.7 Å². The van der Waals surface area contributed by atoms with Crippen molar-refractivity contribution < 1.29 is 28.6 Å². The molecular weight excluding hydrogens is 426 g/mol. The first kappa shape index (κ1) is 19.9. The molecule has 2 amide bonds. The lowest BCUT2D eigenvalue weighted by molar-refractivity contribution is -0.142. The summed E-state index contributed by atoms with van der Waals surface area (Å²) < 4.78 is 15.7. The maximum Gasteiger partial charge on any atom is 0.343 e. The van der Waals surface area contributed by atoms with E-state index >= 15 is 0 Å². The largest absolute Gasteiger partial charge is 0.493 e. The van der Waals surface area contributed by atoms with E-state index in [-0.39, 0.29) is 18.1 Å². The minimum atomic E-state index is -0.533. The highest BCUT2D eigenvalue weighted by Gasteiger charge is 2.34. The maximum atomic E-state index is 12.3. The van der Waals surface area contributed by atoms with Gasteiger partial charge in [0, 0.05) is 4.47 Å². The average molecular weight is 440 g/mol. The van der Waals surface area contributed by atoms with Gasteiger partial charge >= 0.3 is 5.97 Å². The summed E-state index contributed by atoms with van der Waals surface area (Å²) in [6, 6.07) is 3.21. The summed E-state index contributed by atoms with van der Waals surface area (Å²) in [6.45, 7) is -0.351. The zero-order valence-electron chi connectivity index (χ0n) is 13.9. The van der Waals surface area contributed by atoms with Crippen LogP contribution in [-0.2, 0) is 14.3 Å². The fourth-order valence-corrected chi connectivity index (χ4v) is 3.26. The van der Waals surface area contributed by atoms with E-state index in [9.17, 15) is 14.4 Å². The number of halogens is 1. The van der Waals surface area contributed by atoms with Crippen molar-refractivity contribution in [2.24, 2.45) is 0 Å². The van der Waals surface area contributed by atoms with Crippen molar-refractivity contribution in [3.8, 4) is 23.8 Å². The zero-order valence-corrected chi connectivity index (χ0v) is 16.3. The van der Waals surface area contributed by atoms with E-state index < -0.39 is 17.1 Å². The molecule has 1 aromatic rings. The van der Waals surface area contributed by atoms with Gasteiger partial charge in [0.1, 0.15) is 0 Å². The summed E-state index contributed by atoms with van der Waals surface area (Å²) in [6.07, 6.45) is 6.73. The fourth-order valence-electron chi connectivity index (χ4n) is 2.00. The second-order valence-corrected chi connectivity index (χ2v) is 6.71. The van der Waals surface area contributed by atoms with Crippen molar-refractivity contribution in [1.29, 1.82) is 0 Å². The van der Waals surface area contributed by atoms with E-state index in [1.165, 1.54) is 14.2 Å². The molecule has 1 saturated heterocycles. The van der Waals surface area contributed by atoms with E-state index in [0.29, 0.717) is 21.5 Å². The minimum Gasteiger partial charge on any atom is -0.493 e. The van der Waals surface area contributed by atoms with Crippen LogP contribution in [0.2, 0.25) is 0 Å². The third-order valence-corrected chi connectivity index (χ3v) is 4.86. The van der Waals surface area contributed by atoms with Gasteiger partial charge in [0.05, 0.1) is 25.7 Å². The molecule has 1 heterocycles. The first-order valence-corrected chi connectivity index (χ1v) is 8.78. The molecule has 0 aliphatic carbocycles. The van der Waals surface area contributed by atoms with Gasteiger partial charge in [0.25, 0.3) is 11.1 Å². The van der Waals surface area contributed by atoms with E-state index in [0.717, 1.165) is 16.7 Å². The summed E-state index contributed by atoms with van der Waals surface area (Å²) in [4.78, 5) is 36.6. The quantitative estimate of drug-likeness (QED) is 0.382. The number of ether oxygens (including phenoxy) is 3. The highest BCUT2D eigenvalue weighted by molar-refractivity contribution is 9.10. The molecule has 1 aliphatic rings. The Kier molecular flexibility index (Phi) is 6.71. The van der Waals surface area contributed by atoms with Crippen molar-refractivity contribution in [2.75, 3.05) is 27.4 Å². The Hall–Kier alpha value is -2.44. The van der Waals surface area contributed by atoms with Gasteiger partial charge in [-0.2, -0.15) is 0 Å². The summed E-state index contributed by atoms with van der Waals surface area (Å²) in [5.74, 6) is 1.97. The summed E-state index contributed by atoms with van der Waals surface area (Å²) in [5, 5.41) is -0.416. The topological polar surface area (TPSA) is 82.1 Å². The van der Waals surface area contributed by atoms with Crippen LogP contribution in [0.4, 0.5) is 4.79 Å². The molecule has 9 heteroatoms. The molecular formula is C17H14BrNO6S. The van der Waals surface area contributed by atoms with Gasteiger partial charge in [-0.05, 0) is 35.5 Å². The Morgan fingerprint density at radius 1 is 1.35 bits per heavy atom. The van der Waals surface area contributed by atoms with Crippen LogP contribution in [-0.4, -0.2) is 49.4 Å². The number of terminal acetylenes is 1. The number of hydrogen-bond acceptors (Lipinski definition) is 7. The standard InChI is InChI=1S/C17H14BrNO6S/c1-4-5-19-16(21)14(26-17(19)22)7-10-6-12(23-2)13(8-11(10)18)25-9-15(20)24-3/h1,6-8H,5,9H2,2-3H3/b14-7-. The molecule has 0 N–H and O–H groups in total. The molecule has 0 unspecified atom stereocenters. The average Bonchev–Trinajstić information content (AvgIpc) is 2.89. The van der Waals surface area contributed by atoms with E-state index in [1.807, 2.05) is 0 Å². The molecule has 26 heavy (non-hydrogen) atoms. The highest BCUT2D eigenvalue weighted by Crippen LogP contribution is 2.37. The molecule has 1 aromatic carbocycles. The molecule has 0 spiro atoms. The fraction of sp³-hybridized carbons (Fsp3) is 0.235. The SMILES string of the molecule is C#CCN1C(=O)S/C(=C\c2cc(OC)c(OCC(=O)OC)cc2Br)C1=O. The lowest BCUT2D eigenvalue weighted by Crippen LogP contribution is -2.28. The normalized spacial score (nSPS) is 15.2. The maximum absolute atomic E-state index is 12.3. The van der Waals surface area contributed by atoms with Crippen LogP contribution in [0.15, 0.2) is 21.5 Å². The third-order valence-electron chi connectivity index (χ3n) is 3.27. The van der Waals surface area contributed by atoms with Gasteiger partial charge in [-0.15, -0.1) is 6.42 Å². The number of hydrogen-bond donors (Lipinski definition) is 0. The highest BCUT2D eigenvalue weighted by atomic mass is 79.9. The van der Waals surface area contributed by atoms with Crippen LogP contribution in [0, 0.1) is 12.3 Å². The van der Waals surface area contributed by atoms with Crippen LogP contribution < -0.4 is 9.47 Å². The molecule has 7 nitrogen and oxygen atoms in total. The molecule has 136 valence electrons. The van der Waals surface area contributed by atoms with Crippen molar-refractivity contribution in [2.45, 2.75) is 0 Å². The lowest BCUT2D eigenvalue weighted by Gasteiger charge is -2.12. The monoisotopic (exact) mass is 439 g/mol. The molecule has 1 fully saturated rings. The number of thioether (sulfide) groups is 1. The predicted molar refractivity (Wildman–Crippen MR) is 99.7 cm³/mol. The number of carbonyl (C=O) groups is 3. The molecule has 0 radical (unpaired) electrons. The van der Waals surface area contributed by atoms with Gasteiger partial charge in [0.15, 0.2) is 18.1 Å². The first-order chi connectivity index (χ1) is 12.4. The molecule has 1 aliphatic heterocycles. The Bertz CT molecular complexity index is 829. The number of carbonyl (C=O) groups excluding carboxylic acids is 3. The van der Waals surface area contributed by atoms with Gasteiger partial charge < -0.3 is 14.2 Å². The number of amides is 2. The summed E-state index contributed by atoms with van der Waals surface area (Å²) >= 11 is 4.18. The van der Waals surface area contributed by atoms with Gasteiger partial charge in [-0.25, -0.2) is 4.79 Å². The van der Waals surface area contributed by atoms with Gasteiger partial charge in [0.2, 0.25) is 0 Å². The van der Waals surface area contributed by atoms with E-state index in [4.69, 9.17) is 15.9 Å². The third kappa shape index (κ3) is 4.39. The Labute approximate surface area is 162 Å². The van der Waals surface area contributed by atoms with Crippen LogP contribution in [0.1, 0.15) is 5.56 Å². The Balaban J connectivity index is 2.31. The Morgan fingerprint density at radius 2 is 2.08 bits per heavy atom. The van der Waals surface area contributed by atoms with Crippen LogP contribution in [0.5, 0.6) is 11.5 Å². The smallest absolute Gasteiger partial charge is 0.343 e. The zero-order chi connectivity index (χ0) is 19.3. The molecule has 0 atom stereocenters. The molecule has 0 aromatic heterocycles. The van der Waals surface area contributed by atoms with Gasteiger partial charge in [-0.3, -0.25) is 14.5 Å². The van der Waals surface area contributed by atoms with E-state index in [2.05, 4.69) is 26.6 Å². The van der Waals surface area contributed by atoms with Crippen LogP contribution in [0.3, 0.4) is 0 Å². The number of rotatable bonds is 6. The number of benzene rings is 1. The summed E-state index contributed by atoms with van der Waals surface area (Å²) in [7, 11) is 2.70. The van der Waals surface area contributed by atoms with Crippen molar-refractivity contribution >= 4 is 50.9 Å². The second kappa shape index (κ2) is 8.78. The summed E-state index contributed by atoms with van der Waals surface area (Å²) in [5.41, 5.74) is 0.596. The van der Waals surface area contributed by atoms with Crippen molar-refractivity contribution in [1.82, 2.24) is 4.90 Å². The lowest BCUT2D eigenvalue weighted by atomic mass is 10.2. The number of nitrogens with zero attached hydrogens (tertiary/aromatic N) is 1. The Morgan fingerprint density at radius 3 is 2.69 bits per heavy atom. The number of methoxy groups -OCH3 is 2. The van der Waals surface area contributed by atoms with Crippen molar-refractivity contribution in [3.05, 3.63) is 27.1 Å². The first-order valence-electron chi connectivity index (χ1n) is 7.17. The second-order valence-electron chi connectivity index (χ2n) is 4.86. The molecule has 0 bridgehead atoms.